The number of nitro benzene ring substituents is 1. The molecule has 9 heteroatoms. The minimum absolute atomic E-state index is 0.118. The Hall–Kier alpha value is -4.40. The summed E-state index contributed by atoms with van der Waals surface area (Å²) < 4.78 is 5.27. The number of amides is 1. The van der Waals surface area contributed by atoms with Gasteiger partial charge in [0.25, 0.3) is 11.6 Å². The van der Waals surface area contributed by atoms with Crippen molar-refractivity contribution in [2.75, 3.05) is 0 Å². The summed E-state index contributed by atoms with van der Waals surface area (Å²) in [5.74, 6) is -0.801. The highest BCUT2D eigenvalue weighted by atomic mass is 16.6. The van der Waals surface area contributed by atoms with Crippen molar-refractivity contribution in [1.82, 2.24) is 10.4 Å². The number of nitrogens with one attached hydrogen (secondary N) is 1. The smallest absolute Gasteiger partial charge is 0.343 e. The Bertz CT molecular complexity index is 1070. The van der Waals surface area contributed by atoms with Crippen LogP contribution in [0.15, 0.2) is 78.2 Å². The first-order chi connectivity index (χ1) is 14.0. The van der Waals surface area contributed by atoms with Crippen LogP contribution in [0.1, 0.15) is 26.3 Å². The minimum atomic E-state index is -0.654. The molecular formula is C20H14N4O5. The molecule has 0 bridgehead atoms. The number of hydrogen-bond acceptors (Lipinski definition) is 7. The molecule has 0 saturated carbocycles. The molecule has 2 aromatic carbocycles. The second-order valence-corrected chi connectivity index (χ2v) is 5.71. The van der Waals surface area contributed by atoms with Gasteiger partial charge in [0, 0.05) is 24.5 Å². The minimum Gasteiger partial charge on any atom is -0.423 e. The lowest BCUT2D eigenvalue weighted by Gasteiger charge is -2.05. The number of nitro groups is 1. The van der Waals surface area contributed by atoms with Crippen molar-refractivity contribution in [1.29, 1.82) is 0 Å². The van der Waals surface area contributed by atoms with Gasteiger partial charge in [0.05, 0.1) is 22.3 Å². The quantitative estimate of drug-likeness (QED) is 0.227. The summed E-state index contributed by atoms with van der Waals surface area (Å²) in [7, 11) is 0. The summed E-state index contributed by atoms with van der Waals surface area (Å²) in [6.07, 6.45) is 4.38. The van der Waals surface area contributed by atoms with Crippen LogP contribution >= 0.6 is 0 Å². The van der Waals surface area contributed by atoms with Gasteiger partial charge in [-0.2, -0.15) is 5.10 Å². The third kappa shape index (κ3) is 5.30. The molecule has 3 aromatic rings. The number of non-ortho nitro benzene ring substituents is 1. The van der Waals surface area contributed by atoms with Gasteiger partial charge in [-0.15, -0.1) is 0 Å². The van der Waals surface area contributed by atoms with Gasteiger partial charge in [-0.05, 0) is 42.0 Å². The molecule has 144 valence electrons. The van der Waals surface area contributed by atoms with Crippen LogP contribution < -0.4 is 10.2 Å². The number of nitrogens with zero attached hydrogens (tertiary/aromatic N) is 3. The molecule has 0 fully saturated rings. The van der Waals surface area contributed by atoms with E-state index in [1.807, 2.05) is 0 Å². The van der Waals surface area contributed by atoms with Crippen molar-refractivity contribution in [2.45, 2.75) is 0 Å². The molecule has 0 unspecified atom stereocenters. The van der Waals surface area contributed by atoms with Gasteiger partial charge in [0.15, 0.2) is 0 Å². The number of aromatic nitrogens is 1. The third-order valence-electron chi connectivity index (χ3n) is 3.69. The first-order valence-electron chi connectivity index (χ1n) is 8.33. The lowest BCUT2D eigenvalue weighted by atomic mass is 10.2. The summed E-state index contributed by atoms with van der Waals surface area (Å²) in [6.45, 7) is 0. The molecule has 0 aliphatic rings. The van der Waals surface area contributed by atoms with Gasteiger partial charge in [-0.1, -0.05) is 12.1 Å². The van der Waals surface area contributed by atoms with Gasteiger partial charge in [-0.25, -0.2) is 10.2 Å². The molecule has 3 rings (SSSR count). The van der Waals surface area contributed by atoms with E-state index in [4.69, 9.17) is 4.74 Å². The van der Waals surface area contributed by atoms with E-state index in [2.05, 4.69) is 15.5 Å². The van der Waals surface area contributed by atoms with Crippen molar-refractivity contribution in [3.63, 3.8) is 0 Å². The normalized spacial score (nSPS) is 10.5. The van der Waals surface area contributed by atoms with Crippen molar-refractivity contribution in [3.8, 4) is 5.75 Å². The van der Waals surface area contributed by atoms with Crippen LogP contribution in [-0.4, -0.2) is 28.0 Å². The molecule has 0 saturated heterocycles. The molecule has 1 N–H and O–H groups in total. The molecule has 0 aliphatic carbocycles. The molecule has 0 atom stereocenters. The Morgan fingerprint density at radius 1 is 1.07 bits per heavy atom. The van der Waals surface area contributed by atoms with E-state index in [1.165, 1.54) is 36.7 Å². The second kappa shape index (κ2) is 9.00. The standard InChI is InChI=1S/C20H14N4O5/c25-19(16-4-2-10-21-13-16)23-22-12-14-3-1-5-18(11-14)29-20(26)15-6-8-17(9-7-15)24(27)28/h1-13H,(H,23,25)/b22-12+. The van der Waals surface area contributed by atoms with E-state index in [9.17, 15) is 19.7 Å². The number of esters is 1. The zero-order valence-electron chi connectivity index (χ0n) is 14.9. The maximum atomic E-state index is 12.2. The van der Waals surface area contributed by atoms with Crippen LogP contribution in [0, 0.1) is 10.1 Å². The van der Waals surface area contributed by atoms with Crippen molar-refractivity contribution >= 4 is 23.8 Å². The highest BCUT2D eigenvalue weighted by molar-refractivity contribution is 5.94. The fourth-order valence-corrected chi connectivity index (χ4v) is 2.27. The monoisotopic (exact) mass is 390 g/mol. The fraction of sp³-hybridized carbons (Fsp3) is 0. The molecule has 1 aromatic heterocycles. The second-order valence-electron chi connectivity index (χ2n) is 5.71. The summed E-state index contributed by atoms with van der Waals surface area (Å²) in [4.78, 5) is 38.0. The maximum absolute atomic E-state index is 12.2. The number of carbonyl (C=O) groups is 2. The van der Waals surface area contributed by atoms with Gasteiger partial charge in [-0.3, -0.25) is 19.9 Å². The van der Waals surface area contributed by atoms with E-state index in [1.54, 1.807) is 42.6 Å². The fourth-order valence-electron chi connectivity index (χ4n) is 2.27. The van der Waals surface area contributed by atoms with Crippen molar-refractivity contribution < 1.29 is 19.2 Å². The largest absolute Gasteiger partial charge is 0.423 e. The Morgan fingerprint density at radius 2 is 1.86 bits per heavy atom. The number of pyridine rings is 1. The van der Waals surface area contributed by atoms with Gasteiger partial charge < -0.3 is 4.74 Å². The lowest BCUT2D eigenvalue weighted by Crippen LogP contribution is -2.17. The number of hydrazone groups is 1. The van der Waals surface area contributed by atoms with Crippen molar-refractivity contribution in [2.24, 2.45) is 5.10 Å². The van der Waals surface area contributed by atoms with E-state index in [0.29, 0.717) is 11.1 Å². The Balaban J connectivity index is 1.62. The molecule has 0 aliphatic heterocycles. The van der Waals surface area contributed by atoms with Gasteiger partial charge >= 0.3 is 5.97 Å². The van der Waals surface area contributed by atoms with E-state index >= 15 is 0 Å². The van der Waals surface area contributed by atoms with Gasteiger partial charge in [0.2, 0.25) is 0 Å². The number of rotatable bonds is 6. The van der Waals surface area contributed by atoms with Crippen molar-refractivity contribution in [3.05, 3.63) is 99.9 Å². The molecule has 1 amide bonds. The predicted molar refractivity (Wildman–Crippen MR) is 104 cm³/mol. The molecule has 9 nitrogen and oxygen atoms in total. The van der Waals surface area contributed by atoms with E-state index < -0.39 is 16.8 Å². The van der Waals surface area contributed by atoms with E-state index in [0.717, 1.165) is 0 Å². The first-order valence-corrected chi connectivity index (χ1v) is 8.33. The van der Waals surface area contributed by atoms with Crippen LogP contribution in [-0.2, 0) is 0 Å². The Morgan fingerprint density at radius 3 is 2.55 bits per heavy atom. The molecule has 29 heavy (non-hydrogen) atoms. The van der Waals surface area contributed by atoms with Crippen LogP contribution in [0.25, 0.3) is 0 Å². The molecule has 0 spiro atoms. The number of hydrogen-bond donors (Lipinski definition) is 1. The van der Waals surface area contributed by atoms with Gasteiger partial charge in [0.1, 0.15) is 5.75 Å². The zero-order chi connectivity index (χ0) is 20.6. The predicted octanol–water partition coefficient (Wildman–Crippen LogP) is 2.97. The Kier molecular flexibility index (Phi) is 6.01. The summed E-state index contributed by atoms with van der Waals surface area (Å²) in [5.41, 5.74) is 3.40. The molecule has 0 radical (unpaired) electrons. The van der Waals surface area contributed by atoms with E-state index in [-0.39, 0.29) is 17.0 Å². The highest BCUT2D eigenvalue weighted by Gasteiger charge is 2.11. The number of benzene rings is 2. The summed E-state index contributed by atoms with van der Waals surface area (Å²) in [6, 6.07) is 14.8. The molecule has 1 heterocycles. The zero-order valence-corrected chi connectivity index (χ0v) is 14.9. The SMILES string of the molecule is O=C(N/N=C/c1cccc(OC(=O)c2ccc([N+](=O)[O-])cc2)c1)c1cccnc1. The first kappa shape index (κ1) is 19.4. The number of ether oxygens (including phenoxy) is 1. The van der Waals surface area contributed by atoms with Crippen LogP contribution in [0.5, 0.6) is 5.75 Å². The highest BCUT2D eigenvalue weighted by Crippen LogP contribution is 2.16. The lowest BCUT2D eigenvalue weighted by molar-refractivity contribution is -0.384. The average Bonchev–Trinajstić information content (AvgIpc) is 2.74. The van der Waals surface area contributed by atoms with Crippen LogP contribution in [0.2, 0.25) is 0 Å². The average molecular weight is 390 g/mol. The third-order valence-corrected chi connectivity index (χ3v) is 3.69. The number of carbonyl (C=O) groups excluding carboxylic acids is 2. The van der Waals surface area contributed by atoms with Crippen LogP contribution in [0.4, 0.5) is 5.69 Å². The topological polar surface area (TPSA) is 124 Å². The van der Waals surface area contributed by atoms with Crippen LogP contribution in [0.3, 0.4) is 0 Å². The summed E-state index contributed by atoms with van der Waals surface area (Å²) >= 11 is 0. The molecular weight excluding hydrogens is 376 g/mol. The Labute approximate surface area is 164 Å². The summed E-state index contributed by atoms with van der Waals surface area (Å²) in [5, 5.41) is 14.5. The maximum Gasteiger partial charge on any atom is 0.343 e.